The fourth-order valence-corrected chi connectivity index (χ4v) is 3.57. The highest BCUT2D eigenvalue weighted by molar-refractivity contribution is 5.32. The van der Waals surface area contributed by atoms with Gasteiger partial charge in [-0.15, -0.1) is 0 Å². The van der Waals surface area contributed by atoms with Crippen LogP contribution in [0.4, 0.5) is 0 Å². The van der Waals surface area contributed by atoms with E-state index in [1.54, 1.807) is 0 Å². The zero-order valence-corrected chi connectivity index (χ0v) is 14.1. The quantitative estimate of drug-likeness (QED) is 0.812. The Morgan fingerprint density at radius 1 is 1.14 bits per heavy atom. The Labute approximate surface area is 130 Å². The Kier molecular flexibility index (Phi) is 6.22. The molecule has 0 amide bonds. The van der Waals surface area contributed by atoms with E-state index in [9.17, 15) is 0 Å². The summed E-state index contributed by atoms with van der Waals surface area (Å²) in [4.78, 5) is 4.83. The summed E-state index contributed by atoms with van der Waals surface area (Å²) in [5, 5.41) is 3.58. The molecule has 21 heavy (non-hydrogen) atoms. The van der Waals surface area contributed by atoms with Crippen LogP contribution in [0.5, 0.6) is 0 Å². The summed E-state index contributed by atoms with van der Waals surface area (Å²) in [5.41, 5.74) is 3.03. The number of aryl methyl sites for hydroxylation is 1. The smallest absolute Gasteiger partial charge is 0.0478 e. The highest BCUT2D eigenvalue weighted by Crippen LogP contribution is 2.31. The molecule has 0 radical (unpaired) electrons. The molecule has 1 aromatic rings. The zero-order valence-electron chi connectivity index (χ0n) is 14.1. The molecule has 2 unspecified atom stereocenters. The first kappa shape index (κ1) is 16.5. The number of hydrogen-bond acceptors (Lipinski definition) is 3. The lowest BCUT2D eigenvalue weighted by Crippen LogP contribution is -2.42. The van der Waals surface area contributed by atoms with Gasteiger partial charge in [0, 0.05) is 12.1 Å². The molecular formula is C18H31N3. The molecule has 0 heterocycles. The lowest BCUT2D eigenvalue weighted by atomic mass is 9.95. The molecule has 3 heteroatoms. The SMILES string of the molecule is CNC1c2ccccc2CCCC1N(C)CCCN(C)C. The van der Waals surface area contributed by atoms with Crippen molar-refractivity contribution in [1.29, 1.82) is 0 Å². The van der Waals surface area contributed by atoms with Crippen LogP contribution in [0.1, 0.15) is 36.4 Å². The predicted molar refractivity (Wildman–Crippen MR) is 90.8 cm³/mol. The zero-order chi connectivity index (χ0) is 15.2. The number of nitrogens with one attached hydrogen (secondary N) is 1. The fraction of sp³-hybridized carbons (Fsp3) is 0.667. The highest BCUT2D eigenvalue weighted by Gasteiger charge is 2.28. The van der Waals surface area contributed by atoms with Gasteiger partial charge in [-0.2, -0.15) is 0 Å². The minimum absolute atomic E-state index is 0.452. The van der Waals surface area contributed by atoms with E-state index in [4.69, 9.17) is 0 Å². The third-order valence-corrected chi connectivity index (χ3v) is 4.71. The molecule has 0 aliphatic heterocycles. The van der Waals surface area contributed by atoms with E-state index in [2.05, 4.69) is 67.6 Å². The third-order valence-electron chi connectivity index (χ3n) is 4.71. The number of rotatable bonds is 6. The van der Waals surface area contributed by atoms with Gasteiger partial charge in [0.2, 0.25) is 0 Å². The molecule has 1 aromatic carbocycles. The molecule has 2 atom stereocenters. The van der Waals surface area contributed by atoms with Gasteiger partial charge in [0.15, 0.2) is 0 Å². The van der Waals surface area contributed by atoms with Gasteiger partial charge in [-0.05, 0) is 78.1 Å². The summed E-state index contributed by atoms with van der Waals surface area (Å²) in [6.45, 7) is 2.33. The average molecular weight is 289 g/mol. The van der Waals surface area contributed by atoms with Crippen molar-refractivity contribution >= 4 is 0 Å². The van der Waals surface area contributed by atoms with Gasteiger partial charge < -0.3 is 15.1 Å². The lowest BCUT2D eigenvalue weighted by Gasteiger charge is -2.34. The average Bonchev–Trinajstić information content (AvgIpc) is 2.65. The Balaban J connectivity index is 2.08. The van der Waals surface area contributed by atoms with Crippen molar-refractivity contribution in [1.82, 2.24) is 15.1 Å². The van der Waals surface area contributed by atoms with Crippen LogP contribution in [-0.4, -0.2) is 57.1 Å². The van der Waals surface area contributed by atoms with Gasteiger partial charge in [-0.25, -0.2) is 0 Å². The van der Waals surface area contributed by atoms with Crippen LogP contribution in [0.15, 0.2) is 24.3 Å². The van der Waals surface area contributed by atoms with Gasteiger partial charge in [0.1, 0.15) is 0 Å². The normalized spacial score (nSPS) is 22.4. The van der Waals surface area contributed by atoms with Crippen LogP contribution in [0, 0.1) is 0 Å². The van der Waals surface area contributed by atoms with Gasteiger partial charge in [0.05, 0.1) is 0 Å². The first-order valence-electron chi connectivity index (χ1n) is 8.23. The summed E-state index contributed by atoms with van der Waals surface area (Å²) < 4.78 is 0. The molecule has 1 aliphatic rings. The fourth-order valence-electron chi connectivity index (χ4n) is 3.57. The Bertz CT molecular complexity index is 430. The maximum Gasteiger partial charge on any atom is 0.0478 e. The standard InChI is InChI=1S/C18H31N3/c1-19-18-16-11-6-5-9-15(16)10-7-12-17(18)21(4)14-8-13-20(2)3/h5-6,9,11,17-19H,7-8,10,12-14H2,1-4H3. The molecule has 3 nitrogen and oxygen atoms in total. The van der Waals surface area contributed by atoms with Crippen LogP contribution >= 0.6 is 0 Å². The highest BCUT2D eigenvalue weighted by atomic mass is 15.2. The van der Waals surface area contributed by atoms with Crippen molar-refractivity contribution < 1.29 is 0 Å². The van der Waals surface area contributed by atoms with Gasteiger partial charge in [-0.1, -0.05) is 24.3 Å². The van der Waals surface area contributed by atoms with Crippen LogP contribution < -0.4 is 5.32 Å². The monoisotopic (exact) mass is 289 g/mol. The maximum atomic E-state index is 3.58. The topological polar surface area (TPSA) is 18.5 Å². The molecule has 0 aromatic heterocycles. The minimum Gasteiger partial charge on any atom is -0.312 e. The summed E-state index contributed by atoms with van der Waals surface area (Å²) in [6, 6.07) is 10.0. The first-order chi connectivity index (χ1) is 10.1. The van der Waals surface area contributed by atoms with Crippen molar-refractivity contribution in [2.45, 2.75) is 37.8 Å². The van der Waals surface area contributed by atoms with Crippen molar-refractivity contribution in [3.63, 3.8) is 0 Å². The molecule has 0 bridgehead atoms. The third kappa shape index (κ3) is 4.29. The molecule has 118 valence electrons. The van der Waals surface area contributed by atoms with Crippen molar-refractivity contribution in [2.75, 3.05) is 41.3 Å². The van der Waals surface area contributed by atoms with Gasteiger partial charge in [0.25, 0.3) is 0 Å². The van der Waals surface area contributed by atoms with E-state index in [1.807, 2.05) is 0 Å². The van der Waals surface area contributed by atoms with E-state index in [-0.39, 0.29) is 0 Å². The number of benzene rings is 1. The van der Waals surface area contributed by atoms with Crippen molar-refractivity contribution in [2.24, 2.45) is 0 Å². The Morgan fingerprint density at radius 3 is 2.62 bits per heavy atom. The molecule has 0 fully saturated rings. The Hall–Kier alpha value is -0.900. The van der Waals surface area contributed by atoms with Gasteiger partial charge in [-0.3, -0.25) is 0 Å². The molecule has 1 aliphatic carbocycles. The first-order valence-corrected chi connectivity index (χ1v) is 8.23. The van der Waals surface area contributed by atoms with Crippen LogP contribution in [-0.2, 0) is 6.42 Å². The molecular weight excluding hydrogens is 258 g/mol. The molecule has 2 rings (SSSR count). The second-order valence-corrected chi connectivity index (χ2v) is 6.56. The number of hydrogen-bond donors (Lipinski definition) is 1. The summed E-state index contributed by atoms with van der Waals surface area (Å²) in [7, 11) is 8.70. The van der Waals surface area contributed by atoms with Crippen LogP contribution in [0.25, 0.3) is 0 Å². The largest absolute Gasteiger partial charge is 0.312 e. The van der Waals surface area contributed by atoms with E-state index in [0.29, 0.717) is 12.1 Å². The predicted octanol–water partition coefficient (Wildman–Crippen LogP) is 2.54. The van der Waals surface area contributed by atoms with E-state index >= 15 is 0 Å². The number of nitrogens with zero attached hydrogens (tertiary/aromatic N) is 2. The van der Waals surface area contributed by atoms with E-state index in [0.717, 1.165) is 6.54 Å². The second kappa shape index (κ2) is 7.92. The summed E-state index contributed by atoms with van der Waals surface area (Å²) in [6.07, 6.45) is 5.02. The molecule has 0 saturated heterocycles. The van der Waals surface area contributed by atoms with Crippen molar-refractivity contribution in [3.8, 4) is 0 Å². The maximum absolute atomic E-state index is 3.58. The number of fused-ring (bicyclic) bond motifs is 1. The van der Waals surface area contributed by atoms with Crippen LogP contribution in [0.2, 0.25) is 0 Å². The molecule has 1 N–H and O–H groups in total. The molecule has 0 saturated carbocycles. The Morgan fingerprint density at radius 2 is 1.90 bits per heavy atom. The van der Waals surface area contributed by atoms with E-state index in [1.165, 1.54) is 43.4 Å². The molecule has 0 spiro atoms. The minimum atomic E-state index is 0.452. The second-order valence-electron chi connectivity index (χ2n) is 6.56. The van der Waals surface area contributed by atoms with Crippen LogP contribution in [0.3, 0.4) is 0 Å². The number of likely N-dealkylation sites (N-methyl/N-ethyl adjacent to an activating group) is 2. The van der Waals surface area contributed by atoms with Gasteiger partial charge >= 0.3 is 0 Å². The lowest BCUT2D eigenvalue weighted by molar-refractivity contribution is 0.179. The summed E-state index contributed by atoms with van der Waals surface area (Å²) in [5.74, 6) is 0. The summed E-state index contributed by atoms with van der Waals surface area (Å²) >= 11 is 0. The van der Waals surface area contributed by atoms with E-state index < -0.39 is 0 Å². The van der Waals surface area contributed by atoms with Crippen molar-refractivity contribution in [3.05, 3.63) is 35.4 Å².